The van der Waals surface area contributed by atoms with Gasteiger partial charge in [0.05, 0.1) is 7.11 Å². The molecule has 1 rings (SSSR count). The van der Waals surface area contributed by atoms with Gasteiger partial charge in [-0.05, 0) is 32.9 Å². The molecule has 0 aliphatic carbocycles. The van der Waals surface area contributed by atoms with Crippen molar-refractivity contribution >= 4 is 5.97 Å². The van der Waals surface area contributed by atoms with E-state index in [-0.39, 0.29) is 6.04 Å². The standard InChI is InChI=1S/C15H23NO4/c1-5-8-16-10(2)13-7-6-12(19-4)9-14(13)20-11(3)15(17)18/h6-7,9-11,16H,5,8H2,1-4H3,(H,17,18). The van der Waals surface area contributed by atoms with Crippen molar-refractivity contribution in [2.75, 3.05) is 13.7 Å². The largest absolute Gasteiger partial charge is 0.497 e. The van der Waals surface area contributed by atoms with Gasteiger partial charge in [-0.15, -0.1) is 0 Å². The van der Waals surface area contributed by atoms with Crippen LogP contribution in [0.5, 0.6) is 11.5 Å². The van der Waals surface area contributed by atoms with Crippen LogP contribution in [0.15, 0.2) is 18.2 Å². The molecule has 0 saturated heterocycles. The molecule has 2 unspecified atom stereocenters. The molecule has 2 atom stereocenters. The predicted molar refractivity (Wildman–Crippen MR) is 77.4 cm³/mol. The minimum absolute atomic E-state index is 0.0804. The van der Waals surface area contributed by atoms with E-state index in [1.54, 1.807) is 13.2 Å². The van der Waals surface area contributed by atoms with Gasteiger partial charge in [0.2, 0.25) is 0 Å². The first-order valence-corrected chi connectivity index (χ1v) is 6.80. The molecular formula is C15H23NO4. The molecule has 20 heavy (non-hydrogen) atoms. The molecule has 1 aromatic rings. The fourth-order valence-corrected chi connectivity index (χ4v) is 1.81. The number of hydrogen-bond donors (Lipinski definition) is 2. The minimum atomic E-state index is -0.993. The number of carboxylic acid groups (broad SMARTS) is 1. The third-order valence-corrected chi connectivity index (χ3v) is 3.04. The average molecular weight is 281 g/mol. The second kappa shape index (κ2) is 7.75. The molecule has 2 N–H and O–H groups in total. The quantitative estimate of drug-likeness (QED) is 0.766. The molecular weight excluding hydrogens is 258 g/mol. The van der Waals surface area contributed by atoms with Gasteiger partial charge in [-0.2, -0.15) is 0 Å². The van der Waals surface area contributed by atoms with E-state index in [4.69, 9.17) is 14.6 Å². The van der Waals surface area contributed by atoms with Gasteiger partial charge in [-0.25, -0.2) is 4.79 Å². The van der Waals surface area contributed by atoms with Crippen molar-refractivity contribution in [3.63, 3.8) is 0 Å². The summed E-state index contributed by atoms with van der Waals surface area (Å²) in [5.41, 5.74) is 0.923. The number of ether oxygens (including phenoxy) is 2. The third kappa shape index (κ3) is 4.42. The lowest BCUT2D eigenvalue weighted by Gasteiger charge is -2.20. The van der Waals surface area contributed by atoms with E-state index in [1.807, 2.05) is 19.1 Å². The van der Waals surface area contributed by atoms with Gasteiger partial charge < -0.3 is 19.9 Å². The molecule has 0 heterocycles. The first-order valence-electron chi connectivity index (χ1n) is 6.80. The van der Waals surface area contributed by atoms with E-state index >= 15 is 0 Å². The molecule has 5 heteroatoms. The summed E-state index contributed by atoms with van der Waals surface area (Å²) in [6, 6.07) is 5.55. The van der Waals surface area contributed by atoms with Crippen molar-refractivity contribution in [2.45, 2.75) is 39.3 Å². The maximum Gasteiger partial charge on any atom is 0.344 e. The Morgan fingerprint density at radius 1 is 1.40 bits per heavy atom. The summed E-state index contributed by atoms with van der Waals surface area (Å²) in [6.45, 7) is 6.52. The van der Waals surface area contributed by atoms with Crippen molar-refractivity contribution in [2.24, 2.45) is 0 Å². The van der Waals surface area contributed by atoms with Gasteiger partial charge in [0.25, 0.3) is 0 Å². The van der Waals surface area contributed by atoms with Crippen LogP contribution in [0.1, 0.15) is 38.8 Å². The Morgan fingerprint density at radius 3 is 2.65 bits per heavy atom. The maximum atomic E-state index is 10.9. The molecule has 0 amide bonds. The molecule has 0 radical (unpaired) electrons. The number of carbonyl (C=O) groups is 1. The molecule has 0 fully saturated rings. The summed E-state index contributed by atoms with van der Waals surface area (Å²) in [5, 5.41) is 12.3. The SMILES string of the molecule is CCCNC(C)c1ccc(OC)cc1OC(C)C(=O)O. The number of nitrogens with one attached hydrogen (secondary N) is 1. The van der Waals surface area contributed by atoms with E-state index < -0.39 is 12.1 Å². The van der Waals surface area contributed by atoms with Crippen LogP contribution in [-0.4, -0.2) is 30.8 Å². The lowest BCUT2D eigenvalue weighted by molar-refractivity contribution is -0.144. The smallest absolute Gasteiger partial charge is 0.344 e. The topological polar surface area (TPSA) is 67.8 Å². The van der Waals surface area contributed by atoms with Crippen molar-refractivity contribution in [3.8, 4) is 11.5 Å². The molecule has 0 spiro atoms. The van der Waals surface area contributed by atoms with Crippen LogP contribution in [-0.2, 0) is 4.79 Å². The van der Waals surface area contributed by atoms with Gasteiger partial charge in [-0.1, -0.05) is 13.0 Å². The zero-order valence-electron chi connectivity index (χ0n) is 12.5. The minimum Gasteiger partial charge on any atom is -0.497 e. The van der Waals surface area contributed by atoms with Gasteiger partial charge in [0.15, 0.2) is 6.10 Å². The van der Waals surface area contributed by atoms with Crippen LogP contribution in [0.2, 0.25) is 0 Å². The summed E-state index contributed by atoms with van der Waals surface area (Å²) in [4.78, 5) is 10.9. The Labute approximate surface area is 119 Å². The van der Waals surface area contributed by atoms with Crippen LogP contribution < -0.4 is 14.8 Å². The van der Waals surface area contributed by atoms with Gasteiger partial charge >= 0.3 is 5.97 Å². The summed E-state index contributed by atoms with van der Waals surface area (Å²) < 4.78 is 10.7. The van der Waals surface area contributed by atoms with Crippen LogP contribution in [0.3, 0.4) is 0 Å². The van der Waals surface area contributed by atoms with Crippen LogP contribution in [0.4, 0.5) is 0 Å². The van der Waals surface area contributed by atoms with E-state index in [2.05, 4.69) is 12.2 Å². The first-order chi connectivity index (χ1) is 9.49. The van der Waals surface area contributed by atoms with Crippen molar-refractivity contribution in [3.05, 3.63) is 23.8 Å². The summed E-state index contributed by atoms with van der Waals surface area (Å²) >= 11 is 0. The summed E-state index contributed by atoms with van der Waals surface area (Å²) in [5.74, 6) is 0.187. The highest BCUT2D eigenvalue weighted by atomic mass is 16.5. The van der Waals surface area contributed by atoms with Crippen molar-refractivity contribution in [1.29, 1.82) is 0 Å². The van der Waals surface area contributed by atoms with Gasteiger partial charge in [0, 0.05) is 17.7 Å². The molecule has 0 saturated carbocycles. The Balaban J connectivity index is 2.99. The number of carboxylic acids is 1. The lowest BCUT2D eigenvalue weighted by Crippen LogP contribution is -2.25. The Morgan fingerprint density at radius 2 is 2.10 bits per heavy atom. The highest BCUT2D eigenvalue weighted by molar-refractivity contribution is 5.72. The van der Waals surface area contributed by atoms with E-state index in [9.17, 15) is 4.79 Å². The fraction of sp³-hybridized carbons (Fsp3) is 0.533. The molecule has 0 aliphatic rings. The van der Waals surface area contributed by atoms with Gasteiger partial charge in [0.1, 0.15) is 11.5 Å². The second-order valence-corrected chi connectivity index (χ2v) is 4.68. The zero-order valence-corrected chi connectivity index (χ0v) is 12.5. The van der Waals surface area contributed by atoms with Crippen molar-refractivity contribution in [1.82, 2.24) is 5.32 Å². The Bertz CT molecular complexity index is 447. The predicted octanol–water partition coefficient (Wildman–Crippen LogP) is 2.61. The molecule has 5 nitrogen and oxygen atoms in total. The van der Waals surface area contributed by atoms with E-state index in [0.29, 0.717) is 11.5 Å². The van der Waals surface area contributed by atoms with Crippen molar-refractivity contribution < 1.29 is 19.4 Å². The number of methoxy groups -OCH3 is 1. The second-order valence-electron chi connectivity index (χ2n) is 4.68. The molecule has 0 aromatic heterocycles. The van der Waals surface area contributed by atoms with Gasteiger partial charge in [-0.3, -0.25) is 0 Å². The first kappa shape index (κ1) is 16.3. The molecule has 0 bridgehead atoms. The normalized spacial score (nSPS) is 13.6. The lowest BCUT2D eigenvalue weighted by atomic mass is 10.1. The average Bonchev–Trinajstić information content (AvgIpc) is 2.44. The highest BCUT2D eigenvalue weighted by Crippen LogP contribution is 2.30. The molecule has 112 valence electrons. The Kier molecular flexibility index (Phi) is 6.31. The summed E-state index contributed by atoms with van der Waals surface area (Å²) in [7, 11) is 1.57. The Hall–Kier alpha value is -1.75. The monoisotopic (exact) mass is 281 g/mol. The number of hydrogen-bond acceptors (Lipinski definition) is 4. The fourth-order valence-electron chi connectivity index (χ4n) is 1.81. The van der Waals surface area contributed by atoms with Crippen LogP contribution in [0.25, 0.3) is 0 Å². The number of benzene rings is 1. The van der Waals surface area contributed by atoms with E-state index in [0.717, 1.165) is 18.5 Å². The van der Waals surface area contributed by atoms with E-state index in [1.165, 1.54) is 6.92 Å². The van der Waals surface area contributed by atoms with Crippen LogP contribution in [0, 0.1) is 0 Å². The highest BCUT2D eigenvalue weighted by Gasteiger charge is 2.18. The summed E-state index contributed by atoms with van der Waals surface area (Å²) in [6.07, 6.45) is 0.126. The number of rotatable bonds is 8. The van der Waals surface area contributed by atoms with Crippen LogP contribution >= 0.6 is 0 Å². The molecule has 0 aliphatic heterocycles. The maximum absolute atomic E-state index is 10.9. The number of aliphatic carboxylic acids is 1. The third-order valence-electron chi connectivity index (χ3n) is 3.04. The molecule has 1 aromatic carbocycles. The zero-order chi connectivity index (χ0) is 15.1.